The van der Waals surface area contributed by atoms with Crippen molar-refractivity contribution in [2.24, 2.45) is 5.41 Å². The van der Waals surface area contributed by atoms with Crippen LogP contribution in [0.5, 0.6) is 5.75 Å². The van der Waals surface area contributed by atoms with Crippen LogP contribution in [0.15, 0.2) is 36.4 Å². The SMILES string of the molecule is O=C(COc1ccc(Cl)c(C(F)(F)F)c1)NC12CC(COC(=O)Nc3ccc(Cl)c(F)c3)(C1)C2. The second kappa shape index (κ2) is 8.81. The zero-order chi connectivity index (χ0) is 24.7. The molecule has 0 saturated heterocycles. The highest BCUT2D eigenvalue weighted by molar-refractivity contribution is 6.31. The molecule has 0 spiro atoms. The normalized spacial score (nSPS) is 22.8. The Morgan fingerprint density at radius 2 is 1.71 bits per heavy atom. The lowest BCUT2D eigenvalue weighted by Crippen LogP contribution is -2.76. The second-order valence-electron chi connectivity index (χ2n) is 8.62. The van der Waals surface area contributed by atoms with Gasteiger partial charge in [-0.3, -0.25) is 10.1 Å². The number of amides is 2. The first-order valence-corrected chi connectivity index (χ1v) is 10.8. The van der Waals surface area contributed by atoms with Crippen molar-refractivity contribution >= 4 is 40.9 Å². The summed E-state index contributed by atoms with van der Waals surface area (Å²) in [7, 11) is 0. The number of ether oxygens (including phenoxy) is 2. The Hall–Kier alpha value is -2.72. The zero-order valence-electron chi connectivity index (χ0n) is 17.4. The smallest absolute Gasteiger partial charge is 0.417 e. The standard InChI is InChI=1S/C22H18Cl2F4N2O4/c23-15-4-2-13(6-14(15)22(26,27)28)33-7-18(31)30-21-8-20(9-21,10-21)11-34-19(32)29-12-1-3-16(24)17(25)5-12/h1-6H,7-11H2,(H,29,32)(H,30,31). The van der Waals surface area contributed by atoms with E-state index in [0.29, 0.717) is 19.3 Å². The van der Waals surface area contributed by atoms with E-state index >= 15 is 0 Å². The second-order valence-corrected chi connectivity index (χ2v) is 9.43. The molecular formula is C22H18Cl2F4N2O4. The van der Waals surface area contributed by atoms with E-state index in [1.165, 1.54) is 18.2 Å². The molecule has 2 N–H and O–H groups in total. The summed E-state index contributed by atoms with van der Waals surface area (Å²) in [6, 6.07) is 6.88. The van der Waals surface area contributed by atoms with E-state index < -0.39 is 46.7 Å². The summed E-state index contributed by atoms with van der Waals surface area (Å²) in [5, 5.41) is 4.72. The molecule has 6 nitrogen and oxygen atoms in total. The van der Waals surface area contributed by atoms with Gasteiger partial charge in [-0.1, -0.05) is 23.2 Å². The van der Waals surface area contributed by atoms with Crippen molar-refractivity contribution in [2.45, 2.75) is 31.0 Å². The molecule has 0 unspecified atom stereocenters. The summed E-state index contributed by atoms with van der Waals surface area (Å²) < 4.78 is 62.6. The minimum absolute atomic E-state index is 0.0650. The number of hydrogen-bond acceptors (Lipinski definition) is 4. The Morgan fingerprint density at radius 1 is 1.03 bits per heavy atom. The summed E-state index contributed by atoms with van der Waals surface area (Å²) in [4.78, 5) is 24.1. The Morgan fingerprint density at radius 3 is 2.35 bits per heavy atom. The fourth-order valence-corrected chi connectivity index (χ4v) is 4.86. The van der Waals surface area contributed by atoms with Crippen LogP contribution >= 0.6 is 23.2 Å². The predicted molar refractivity (Wildman–Crippen MR) is 115 cm³/mol. The fourth-order valence-electron chi connectivity index (χ4n) is 4.52. The molecule has 2 aromatic rings. The first kappa shape index (κ1) is 24.4. The molecule has 2 amide bonds. The van der Waals surface area contributed by atoms with Crippen molar-refractivity contribution < 1.29 is 36.6 Å². The van der Waals surface area contributed by atoms with E-state index in [1.807, 2.05) is 0 Å². The van der Waals surface area contributed by atoms with Gasteiger partial charge in [-0.05, 0) is 55.7 Å². The van der Waals surface area contributed by atoms with E-state index in [9.17, 15) is 27.2 Å². The van der Waals surface area contributed by atoms with Gasteiger partial charge in [0.25, 0.3) is 5.91 Å². The minimum Gasteiger partial charge on any atom is -0.484 e. The van der Waals surface area contributed by atoms with Crippen LogP contribution in [0.1, 0.15) is 24.8 Å². The Labute approximate surface area is 201 Å². The number of nitrogens with one attached hydrogen (secondary N) is 2. The third-order valence-corrected chi connectivity index (χ3v) is 6.47. The Kier molecular flexibility index (Phi) is 6.32. The Balaban J connectivity index is 1.19. The maximum absolute atomic E-state index is 13.4. The van der Waals surface area contributed by atoms with Crippen LogP contribution in [0.3, 0.4) is 0 Å². The van der Waals surface area contributed by atoms with E-state index in [0.717, 1.165) is 18.2 Å². The molecule has 3 fully saturated rings. The molecule has 3 saturated carbocycles. The van der Waals surface area contributed by atoms with Crippen molar-refractivity contribution in [3.8, 4) is 5.75 Å². The van der Waals surface area contributed by atoms with Gasteiger partial charge < -0.3 is 14.8 Å². The summed E-state index contributed by atoms with van der Waals surface area (Å²) in [5.41, 5.74) is -1.51. The molecule has 0 aromatic heterocycles. The van der Waals surface area contributed by atoms with Crippen LogP contribution in [0, 0.1) is 11.2 Å². The van der Waals surface area contributed by atoms with Crippen molar-refractivity contribution in [2.75, 3.05) is 18.5 Å². The maximum atomic E-state index is 13.4. The average Bonchev–Trinajstić information content (AvgIpc) is 2.70. The maximum Gasteiger partial charge on any atom is 0.417 e. The predicted octanol–water partition coefficient (Wildman–Crippen LogP) is 5.82. The molecule has 5 rings (SSSR count). The van der Waals surface area contributed by atoms with E-state index in [1.54, 1.807) is 0 Å². The molecule has 2 aromatic carbocycles. The topological polar surface area (TPSA) is 76.7 Å². The van der Waals surface area contributed by atoms with Gasteiger partial charge in [0.2, 0.25) is 0 Å². The van der Waals surface area contributed by atoms with E-state index in [2.05, 4.69) is 10.6 Å². The van der Waals surface area contributed by atoms with Crippen molar-refractivity contribution in [3.05, 3.63) is 57.8 Å². The molecule has 0 atom stereocenters. The van der Waals surface area contributed by atoms with Gasteiger partial charge in [0.1, 0.15) is 11.6 Å². The first-order valence-electron chi connectivity index (χ1n) is 10.1. The number of carbonyl (C=O) groups is 2. The quantitative estimate of drug-likeness (QED) is 0.451. The van der Waals surface area contributed by atoms with Crippen molar-refractivity contribution in [3.63, 3.8) is 0 Å². The largest absolute Gasteiger partial charge is 0.484 e. The molecule has 0 radical (unpaired) electrons. The number of carbonyl (C=O) groups excluding carboxylic acids is 2. The van der Waals surface area contributed by atoms with Crippen molar-refractivity contribution in [1.82, 2.24) is 5.32 Å². The third-order valence-electron chi connectivity index (χ3n) is 5.83. The monoisotopic (exact) mass is 520 g/mol. The van der Waals surface area contributed by atoms with Gasteiger partial charge in [-0.25, -0.2) is 9.18 Å². The number of anilines is 1. The van der Waals surface area contributed by atoms with Gasteiger partial charge in [-0.15, -0.1) is 0 Å². The highest BCUT2D eigenvalue weighted by atomic mass is 35.5. The van der Waals surface area contributed by atoms with Crippen LogP contribution < -0.4 is 15.4 Å². The van der Waals surface area contributed by atoms with Gasteiger partial charge >= 0.3 is 12.3 Å². The minimum atomic E-state index is -4.64. The molecule has 0 heterocycles. The molecule has 2 bridgehead atoms. The third kappa shape index (κ3) is 5.17. The summed E-state index contributed by atoms with van der Waals surface area (Å²) in [6.07, 6.45) is -3.60. The number of alkyl halides is 3. The zero-order valence-corrected chi connectivity index (χ0v) is 18.9. The molecule has 3 aliphatic rings. The summed E-state index contributed by atoms with van der Waals surface area (Å²) >= 11 is 11.2. The number of hydrogen-bond donors (Lipinski definition) is 2. The highest BCUT2D eigenvalue weighted by Crippen LogP contribution is 2.67. The van der Waals surface area contributed by atoms with Crippen LogP contribution in [0.25, 0.3) is 0 Å². The number of rotatable bonds is 7. The van der Waals surface area contributed by atoms with Gasteiger partial charge in [0, 0.05) is 16.6 Å². The molecule has 34 heavy (non-hydrogen) atoms. The van der Waals surface area contributed by atoms with Gasteiger partial charge in [0.15, 0.2) is 6.61 Å². The average molecular weight is 521 g/mol. The fraction of sp³-hybridized carbons (Fsp3) is 0.364. The van der Waals surface area contributed by atoms with Gasteiger partial charge in [0.05, 0.1) is 22.2 Å². The summed E-state index contributed by atoms with van der Waals surface area (Å²) in [5.74, 6) is -1.27. The van der Waals surface area contributed by atoms with Crippen LogP contribution in [0.4, 0.5) is 28.0 Å². The molecule has 0 aliphatic heterocycles. The van der Waals surface area contributed by atoms with Crippen LogP contribution in [-0.2, 0) is 15.7 Å². The molecule has 3 aliphatic carbocycles. The van der Waals surface area contributed by atoms with E-state index in [4.69, 9.17) is 32.7 Å². The van der Waals surface area contributed by atoms with Gasteiger partial charge in [-0.2, -0.15) is 13.2 Å². The number of benzene rings is 2. The molecule has 12 heteroatoms. The number of halogens is 6. The lowest BCUT2D eigenvalue weighted by Gasteiger charge is -2.70. The first-order chi connectivity index (χ1) is 15.9. The van der Waals surface area contributed by atoms with E-state index in [-0.39, 0.29) is 28.5 Å². The molecule has 182 valence electrons. The summed E-state index contributed by atoms with van der Waals surface area (Å²) in [6.45, 7) is -0.321. The van der Waals surface area contributed by atoms with Crippen LogP contribution in [0.2, 0.25) is 10.0 Å². The lowest BCUT2D eigenvalue weighted by atomic mass is 9.39. The highest BCUT2D eigenvalue weighted by Gasteiger charge is 2.69. The van der Waals surface area contributed by atoms with Crippen LogP contribution in [-0.4, -0.2) is 30.8 Å². The molecular weight excluding hydrogens is 503 g/mol. The Bertz CT molecular complexity index is 1120. The lowest BCUT2D eigenvalue weighted by molar-refractivity contribution is -0.183. The van der Waals surface area contributed by atoms with Crippen molar-refractivity contribution in [1.29, 1.82) is 0 Å².